The normalized spacial score (nSPS) is 17.5. The van der Waals surface area contributed by atoms with E-state index in [0.717, 1.165) is 19.3 Å². The van der Waals surface area contributed by atoms with E-state index in [-0.39, 0.29) is 5.91 Å². The Bertz CT molecular complexity index is 514. The molecule has 0 spiro atoms. The third-order valence-corrected chi connectivity index (χ3v) is 4.37. The number of nitrogens with two attached hydrogens (primary N) is 1. The molecule has 3 N–H and O–H groups in total. The number of primary amides is 1. The molecule has 0 saturated heterocycles. The summed E-state index contributed by atoms with van der Waals surface area (Å²) in [5, 5.41) is 2.88. The van der Waals surface area contributed by atoms with Gasteiger partial charge in [0, 0.05) is 5.56 Å². The minimum Gasteiger partial charge on any atom is -0.368 e. The predicted molar refractivity (Wildman–Crippen MR) is 83.0 cm³/mol. The fourth-order valence-corrected chi connectivity index (χ4v) is 2.90. The maximum Gasteiger partial charge on any atom is 0.252 e. The van der Waals surface area contributed by atoms with Crippen LogP contribution in [0.3, 0.4) is 0 Å². The van der Waals surface area contributed by atoms with Crippen LogP contribution >= 0.6 is 0 Å². The fourth-order valence-electron chi connectivity index (χ4n) is 2.90. The number of rotatable bonds is 4. The van der Waals surface area contributed by atoms with Crippen LogP contribution in [0, 0.1) is 0 Å². The number of nitrogens with one attached hydrogen (secondary N) is 1. The first-order chi connectivity index (χ1) is 9.94. The van der Waals surface area contributed by atoms with Crippen molar-refractivity contribution in [3.63, 3.8) is 0 Å². The molecule has 4 heteroatoms. The van der Waals surface area contributed by atoms with Crippen molar-refractivity contribution in [2.24, 2.45) is 5.73 Å². The molecule has 1 aliphatic rings. The average Bonchev–Trinajstić information content (AvgIpc) is 2.48. The molecule has 1 aromatic rings. The van der Waals surface area contributed by atoms with E-state index in [4.69, 9.17) is 5.73 Å². The van der Waals surface area contributed by atoms with Crippen LogP contribution in [-0.4, -0.2) is 17.4 Å². The van der Waals surface area contributed by atoms with Crippen LogP contribution < -0.4 is 11.1 Å². The smallest absolute Gasteiger partial charge is 0.252 e. The molecule has 1 aliphatic carbocycles. The summed E-state index contributed by atoms with van der Waals surface area (Å²) in [6.45, 7) is 4.22. The van der Waals surface area contributed by atoms with Crippen molar-refractivity contribution in [3.8, 4) is 0 Å². The van der Waals surface area contributed by atoms with Gasteiger partial charge in [-0.05, 0) is 36.5 Å². The van der Waals surface area contributed by atoms with Gasteiger partial charge in [-0.3, -0.25) is 9.59 Å². The predicted octanol–water partition coefficient (Wildman–Crippen LogP) is 2.73. The van der Waals surface area contributed by atoms with E-state index < -0.39 is 11.4 Å². The summed E-state index contributed by atoms with van der Waals surface area (Å²) >= 11 is 0. The molecular weight excluding hydrogens is 264 g/mol. The zero-order chi connectivity index (χ0) is 15.5. The van der Waals surface area contributed by atoms with Gasteiger partial charge in [-0.25, -0.2) is 0 Å². The van der Waals surface area contributed by atoms with E-state index in [1.54, 1.807) is 0 Å². The lowest BCUT2D eigenvalue weighted by Gasteiger charge is -2.35. The monoisotopic (exact) mass is 288 g/mol. The molecule has 0 bridgehead atoms. The molecule has 2 rings (SSSR count). The SMILES string of the molecule is CC(C)c1ccc(C(=O)NC2(C(N)=O)CCCCC2)cc1. The highest BCUT2D eigenvalue weighted by Crippen LogP contribution is 2.28. The Morgan fingerprint density at radius 1 is 1.10 bits per heavy atom. The van der Waals surface area contributed by atoms with Crippen molar-refractivity contribution in [1.29, 1.82) is 0 Å². The quantitative estimate of drug-likeness (QED) is 0.894. The van der Waals surface area contributed by atoms with Crippen LogP contribution in [0.15, 0.2) is 24.3 Å². The Morgan fingerprint density at radius 2 is 1.67 bits per heavy atom. The molecule has 0 aliphatic heterocycles. The molecule has 0 aromatic heterocycles. The van der Waals surface area contributed by atoms with E-state index in [0.29, 0.717) is 24.3 Å². The largest absolute Gasteiger partial charge is 0.368 e. The maximum absolute atomic E-state index is 12.4. The molecule has 114 valence electrons. The van der Waals surface area contributed by atoms with Gasteiger partial charge in [0.1, 0.15) is 5.54 Å². The summed E-state index contributed by atoms with van der Waals surface area (Å²) < 4.78 is 0. The van der Waals surface area contributed by atoms with Crippen LogP contribution in [0.5, 0.6) is 0 Å². The first-order valence-corrected chi connectivity index (χ1v) is 7.67. The van der Waals surface area contributed by atoms with Gasteiger partial charge in [0.25, 0.3) is 5.91 Å². The number of amides is 2. The summed E-state index contributed by atoms with van der Waals surface area (Å²) in [4.78, 5) is 24.2. The fraction of sp³-hybridized carbons (Fsp3) is 0.529. The number of hydrogen-bond donors (Lipinski definition) is 2. The summed E-state index contributed by atoms with van der Waals surface area (Å²) in [5.74, 6) is -0.210. The molecule has 1 fully saturated rings. The third-order valence-electron chi connectivity index (χ3n) is 4.37. The van der Waals surface area contributed by atoms with Crippen molar-refractivity contribution < 1.29 is 9.59 Å². The molecule has 0 unspecified atom stereocenters. The number of hydrogen-bond acceptors (Lipinski definition) is 2. The second-order valence-corrected chi connectivity index (χ2v) is 6.24. The Balaban J connectivity index is 2.13. The van der Waals surface area contributed by atoms with Gasteiger partial charge in [-0.1, -0.05) is 45.2 Å². The van der Waals surface area contributed by atoms with Crippen LogP contribution in [-0.2, 0) is 4.79 Å². The van der Waals surface area contributed by atoms with Crippen molar-refractivity contribution in [1.82, 2.24) is 5.32 Å². The Labute approximate surface area is 126 Å². The lowest BCUT2D eigenvalue weighted by molar-refractivity contribution is -0.125. The zero-order valence-electron chi connectivity index (χ0n) is 12.8. The lowest BCUT2D eigenvalue weighted by atomic mass is 9.81. The first kappa shape index (κ1) is 15.5. The number of carbonyl (C=O) groups is 2. The van der Waals surface area contributed by atoms with E-state index in [1.165, 1.54) is 5.56 Å². The van der Waals surface area contributed by atoms with Crippen molar-refractivity contribution >= 4 is 11.8 Å². The van der Waals surface area contributed by atoms with Crippen molar-refractivity contribution in [2.75, 3.05) is 0 Å². The van der Waals surface area contributed by atoms with Gasteiger partial charge < -0.3 is 11.1 Å². The van der Waals surface area contributed by atoms with Gasteiger partial charge >= 0.3 is 0 Å². The summed E-state index contributed by atoms with van der Waals surface area (Å²) in [5.41, 5.74) is 6.43. The second-order valence-electron chi connectivity index (χ2n) is 6.24. The summed E-state index contributed by atoms with van der Waals surface area (Å²) in [6, 6.07) is 7.53. The molecular formula is C17H24N2O2. The first-order valence-electron chi connectivity index (χ1n) is 7.67. The molecule has 0 heterocycles. The molecule has 0 atom stereocenters. The minimum absolute atomic E-state index is 0.217. The van der Waals surface area contributed by atoms with Crippen molar-refractivity contribution in [2.45, 2.75) is 57.4 Å². The van der Waals surface area contributed by atoms with Gasteiger partial charge in [0.2, 0.25) is 5.91 Å². The summed E-state index contributed by atoms with van der Waals surface area (Å²) in [6.07, 6.45) is 4.22. The Morgan fingerprint density at radius 3 is 2.14 bits per heavy atom. The van der Waals surface area contributed by atoms with E-state index in [2.05, 4.69) is 19.2 Å². The Kier molecular flexibility index (Phi) is 4.66. The van der Waals surface area contributed by atoms with Crippen LogP contribution in [0.25, 0.3) is 0 Å². The molecule has 0 radical (unpaired) electrons. The second kappa shape index (κ2) is 6.29. The highest BCUT2D eigenvalue weighted by atomic mass is 16.2. The van der Waals surface area contributed by atoms with E-state index >= 15 is 0 Å². The van der Waals surface area contributed by atoms with E-state index in [9.17, 15) is 9.59 Å². The summed E-state index contributed by atoms with van der Waals surface area (Å²) in [7, 11) is 0. The van der Waals surface area contributed by atoms with Crippen LogP contribution in [0.2, 0.25) is 0 Å². The van der Waals surface area contributed by atoms with Crippen LogP contribution in [0.1, 0.15) is 67.8 Å². The molecule has 4 nitrogen and oxygen atoms in total. The maximum atomic E-state index is 12.4. The molecule has 2 amide bonds. The van der Waals surface area contributed by atoms with Gasteiger partial charge in [-0.2, -0.15) is 0 Å². The Hall–Kier alpha value is -1.84. The van der Waals surface area contributed by atoms with Crippen LogP contribution in [0.4, 0.5) is 0 Å². The zero-order valence-corrected chi connectivity index (χ0v) is 12.8. The highest BCUT2D eigenvalue weighted by Gasteiger charge is 2.39. The standard InChI is InChI=1S/C17H24N2O2/c1-12(2)13-6-8-14(9-7-13)15(20)19-17(16(18)21)10-4-3-5-11-17/h6-9,12H,3-5,10-11H2,1-2H3,(H2,18,21)(H,19,20). The molecule has 1 saturated carbocycles. The van der Waals surface area contributed by atoms with Gasteiger partial charge in [0.05, 0.1) is 0 Å². The minimum atomic E-state index is -0.869. The third kappa shape index (κ3) is 3.43. The van der Waals surface area contributed by atoms with E-state index in [1.807, 2.05) is 24.3 Å². The lowest BCUT2D eigenvalue weighted by Crippen LogP contribution is -2.58. The van der Waals surface area contributed by atoms with Gasteiger partial charge in [-0.15, -0.1) is 0 Å². The topological polar surface area (TPSA) is 72.2 Å². The number of carbonyl (C=O) groups excluding carboxylic acids is 2. The molecule has 1 aromatic carbocycles. The van der Waals surface area contributed by atoms with Crippen molar-refractivity contribution in [3.05, 3.63) is 35.4 Å². The highest BCUT2D eigenvalue weighted by molar-refractivity contribution is 5.99. The number of benzene rings is 1. The molecule has 21 heavy (non-hydrogen) atoms. The van der Waals surface area contributed by atoms with Gasteiger partial charge in [0.15, 0.2) is 0 Å². The average molecular weight is 288 g/mol.